The summed E-state index contributed by atoms with van der Waals surface area (Å²) in [5.74, 6) is 0.0783. The standard InChI is InChI=1S/C21H25NO4/c1-14-7-6-8-15(2)22(14)20(23)13-26-21(24)18-11-12-19(25-3)17-10-5-4-9-16(17)18/h4-5,9-12,14-15H,6-8,13H2,1-3H3/t14-,15-/m0/s1. The summed E-state index contributed by atoms with van der Waals surface area (Å²) in [6.07, 6.45) is 3.12. The summed E-state index contributed by atoms with van der Waals surface area (Å²) in [6, 6.07) is 11.3. The number of amides is 1. The molecule has 0 radical (unpaired) electrons. The molecule has 1 heterocycles. The van der Waals surface area contributed by atoms with Crippen molar-refractivity contribution in [3.05, 3.63) is 42.0 Å². The van der Waals surface area contributed by atoms with E-state index in [4.69, 9.17) is 9.47 Å². The largest absolute Gasteiger partial charge is 0.496 e. The van der Waals surface area contributed by atoms with E-state index in [1.54, 1.807) is 19.2 Å². The number of hydrogen-bond acceptors (Lipinski definition) is 4. The van der Waals surface area contributed by atoms with Crippen molar-refractivity contribution in [2.45, 2.75) is 45.2 Å². The van der Waals surface area contributed by atoms with Gasteiger partial charge in [-0.05, 0) is 50.6 Å². The molecule has 138 valence electrons. The molecule has 2 atom stereocenters. The minimum absolute atomic E-state index is 0.129. The molecule has 26 heavy (non-hydrogen) atoms. The van der Waals surface area contributed by atoms with Gasteiger partial charge in [0.15, 0.2) is 6.61 Å². The molecule has 0 bridgehead atoms. The molecule has 1 amide bonds. The first-order valence-electron chi connectivity index (χ1n) is 9.07. The van der Waals surface area contributed by atoms with E-state index in [0.29, 0.717) is 11.3 Å². The minimum atomic E-state index is -0.491. The number of hydrogen-bond donors (Lipinski definition) is 0. The van der Waals surface area contributed by atoms with Crippen molar-refractivity contribution in [1.29, 1.82) is 0 Å². The summed E-state index contributed by atoms with van der Waals surface area (Å²) in [7, 11) is 1.60. The average Bonchev–Trinajstić information content (AvgIpc) is 2.65. The Morgan fingerprint density at radius 1 is 1.04 bits per heavy atom. The lowest BCUT2D eigenvalue weighted by molar-refractivity contribution is -0.140. The highest BCUT2D eigenvalue weighted by Crippen LogP contribution is 2.29. The molecule has 1 aliphatic rings. The number of benzene rings is 2. The summed E-state index contributed by atoms with van der Waals surface area (Å²) in [5, 5.41) is 1.60. The minimum Gasteiger partial charge on any atom is -0.496 e. The van der Waals surface area contributed by atoms with Crippen LogP contribution in [0, 0.1) is 0 Å². The summed E-state index contributed by atoms with van der Waals surface area (Å²) in [4.78, 5) is 27.0. The highest BCUT2D eigenvalue weighted by molar-refractivity contribution is 6.06. The van der Waals surface area contributed by atoms with Crippen molar-refractivity contribution in [1.82, 2.24) is 4.90 Å². The van der Waals surface area contributed by atoms with Gasteiger partial charge in [-0.25, -0.2) is 4.79 Å². The molecule has 0 unspecified atom stereocenters. The van der Waals surface area contributed by atoms with Gasteiger partial charge in [0.05, 0.1) is 12.7 Å². The van der Waals surface area contributed by atoms with Crippen molar-refractivity contribution in [3.63, 3.8) is 0 Å². The number of rotatable bonds is 4. The van der Waals surface area contributed by atoms with Crippen LogP contribution >= 0.6 is 0 Å². The van der Waals surface area contributed by atoms with E-state index in [2.05, 4.69) is 0 Å². The molecular formula is C21H25NO4. The molecule has 5 heteroatoms. The topological polar surface area (TPSA) is 55.8 Å². The van der Waals surface area contributed by atoms with Crippen LogP contribution in [0.5, 0.6) is 5.75 Å². The normalized spacial score (nSPS) is 20.0. The zero-order chi connectivity index (χ0) is 18.7. The summed E-state index contributed by atoms with van der Waals surface area (Å²) < 4.78 is 10.7. The van der Waals surface area contributed by atoms with Crippen LogP contribution in [0.15, 0.2) is 36.4 Å². The molecule has 5 nitrogen and oxygen atoms in total. The molecule has 0 saturated carbocycles. The van der Waals surface area contributed by atoms with Gasteiger partial charge in [-0.15, -0.1) is 0 Å². The van der Waals surface area contributed by atoms with Crippen LogP contribution in [0.3, 0.4) is 0 Å². The van der Waals surface area contributed by atoms with Gasteiger partial charge in [0.2, 0.25) is 0 Å². The Hall–Kier alpha value is -2.56. The van der Waals surface area contributed by atoms with Gasteiger partial charge in [0, 0.05) is 17.5 Å². The van der Waals surface area contributed by atoms with Crippen LogP contribution in [-0.4, -0.2) is 42.6 Å². The van der Waals surface area contributed by atoms with E-state index in [1.165, 1.54) is 0 Å². The Balaban J connectivity index is 1.75. The van der Waals surface area contributed by atoms with Crippen molar-refractivity contribution < 1.29 is 19.1 Å². The van der Waals surface area contributed by atoms with E-state index in [1.807, 2.05) is 43.0 Å². The van der Waals surface area contributed by atoms with Crippen LogP contribution < -0.4 is 4.74 Å². The second kappa shape index (κ2) is 7.77. The van der Waals surface area contributed by atoms with Crippen LogP contribution in [0.25, 0.3) is 10.8 Å². The number of ether oxygens (including phenoxy) is 2. The lowest BCUT2D eigenvalue weighted by Gasteiger charge is -2.38. The third kappa shape index (κ3) is 3.52. The number of carbonyl (C=O) groups is 2. The number of piperidine rings is 1. The van der Waals surface area contributed by atoms with Crippen molar-refractivity contribution in [3.8, 4) is 5.75 Å². The number of methoxy groups -OCH3 is 1. The molecule has 2 aromatic rings. The van der Waals surface area contributed by atoms with E-state index < -0.39 is 5.97 Å². The number of nitrogens with zero attached hydrogens (tertiary/aromatic N) is 1. The van der Waals surface area contributed by atoms with Gasteiger partial charge in [0.1, 0.15) is 5.75 Å². The molecule has 1 fully saturated rings. The predicted molar refractivity (Wildman–Crippen MR) is 100 cm³/mol. The Morgan fingerprint density at radius 2 is 1.69 bits per heavy atom. The van der Waals surface area contributed by atoms with Crippen LogP contribution in [0.4, 0.5) is 0 Å². The van der Waals surface area contributed by atoms with Crippen molar-refractivity contribution >= 4 is 22.6 Å². The van der Waals surface area contributed by atoms with Gasteiger partial charge in [-0.2, -0.15) is 0 Å². The van der Waals surface area contributed by atoms with Gasteiger partial charge in [-0.1, -0.05) is 24.3 Å². The zero-order valence-corrected chi connectivity index (χ0v) is 15.5. The highest BCUT2D eigenvalue weighted by atomic mass is 16.5. The van der Waals surface area contributed by atoms with Crippen molar-refractivity contribution in [2.75, 3.05) is 13.7 Å². The first kappa shape index (κ1) is 18.2. The van der Waals surface area contributed by atoms with Crippen molar-refractivity contribution in [2.24, 2.45) is 0 Å². The van der Waals surface area contributed by atoms with Gasteiger partial charge >= 0.3 is 5.97 Å². The maximum absolute atomic E-state index is 12.6. The Morgan fingerprint density at radius 3 is 2.35 bits per heavy atom. The highest BCUT2D eigenvalue weighted by Gasteiger charge is 2.29. The Labute approximate surface area is 153 Å². The third-order valence-electron chi connectivity index (χ3n) is 5.13. The maximum atomic E-state index is 12.6. The number of carbonyl (C=O) groups excluding carboxylic acids is 2. The molecule has 0 aliphatic carbocycles. The van der Waals surface area contributed by atoms with Crippen LogP contribution in [0.1, 0.15) is 43.5 Å². The first-order chi connectivity index (χ1) is 12.5. The molecule has 0 spiro atoms. The zero-order valence-electron chi connectivity index (χ0n) is 15.5. The fraction of sp³-hybridized carbons (Fsp3) is 0.429. The Bertz CT molecular complexity index is 807. The molecule has 3 rings (SSSR count). The van der Waals surface area contributed by atoms with Gasteiger partial charge in [-0.3, -0.25) is 4.79 Å². The van der Waals surface area contributed by atoms with Gasteiger partial charge in [0.25, 0.3) is 5.91 Å². The van der Waals surface area contributed by atoms with Crippen LogP contribution in [0.2, 0.25) is 0 Å². The lowest BCUT2D eigenvalue weighted by Crippen LogP contribution is -2.49. The van der Waals surface area contributed by atoms with Gasteiger partial charge < -0.3 is 14.4 Å². The lowest BCUT2D eigenvalue weighted by atomic mass is 9.97. The molecule has 0 N–H and O–H groups in total. The summed E-state index contributed by atoms with van der Waals surface area (Å²) in [6.45, 7) is 3.87. The molecular weight excluding hydrogens is 330 g/mol. The number of likely N-dealkylation sites (tertiary alicyclic amines) is 1. The average molecular weight is 355 g/mol. The molecule has 0 aromatic heterocycles. The molecule has 1 aliphatic heterocycles. The summed E-state index contributed by atoms with van der Waals surface area (Å²) in [5.41, 5.74) is 0.439. The predicted octanol–water partition coefficient (Wildman–Crippen LogP) is 3.79. The fourth-order valence-corrected chi connectivity index (χ4v) is 3.82. The quantitative estimate of drug-likeness (QED) is 0.783. The smallest absolute Gasteiger partial charge is 0.339 e. The number of fused-ring (bicyclic) bond motifs is 1. The third-order valence-corrected chi connectivity index (χ3v) is 5.13. The summed E-state index contributed by atoms with van der Waals surface area (Å²) >= 11 is 0. The second-order valence-corrected chi connectivity index (χ2v) is 6.87. The monoisotopic (exact) mass is 355 g/mol. The molecule has 2 aromatic carbocycles. The Kier molecular flexibility index (Phi) is 5.45. The van der Waals surface area contributed by atoms with E-state index >= 15 is 0 Å². The van der Waals surface area contributed by atoms with Crippen LogP contribution in [-0.2, 0) is 9.53 Å². The van der Waals surface area contributed by atoms with E-state index in [0.717, 1.165) is 30.0 Å². The number of esters is 1. The molecule has 1 saturated heterocycles. The first-order valence-corrected chi connectivity index (χ1v) is 9.07. The SMILES string of the molecule is COc1ccc(C(=O)OCC(=O)N2[C@@H](C)CCC[C@@H]2C)c2ccccc12. The fourth-order valence-electron chi connectivity index (χ4n) is 3.82. The van der Waals surface area contributed by atoms with E-state index in [9.17, 15) is 9.59 Å². The maximum Gasteiger partial charge on any atom is 0.339 e. The van der Waals surface area contributed by atoms with E-state index in [-0.39, 0.29) is 24.6 Å². The second-order valence-electron chi connectivity index (χ2n) is 6.87.